The Morgan fingerprint density at radius 3 is 1.70 bits per heavy atom. The summed E-state index contributed by atoms with van der Waals surface area (Å²) in [6.07, 6.45) is 0. The van der Waals surface area contributed by atoms with Crippen molar-refractivity contribution in [3.8, 4) is 0 Å². The van der Waals surface area contributed by atoms with Gasteiger partial charge in [-0.05, 0) is 29.5 Å². The van der Waals surface area contributed by atoms with Gasteiger partial charge in [0.25, 0.3) is 0 Å². The summed E-state index contributed by atoms with van der Waals surface area (Å²) < 4.78 is 0. The van der Waals surface area contributed by atoms with Gasteiger partial charge in [0, 0.05) is 0 Å². The topological polar surface area (TPSA) is 29.1 Å². The molecule has 3 aromatic carbocycles. The third kappa shape index (κ3) is 4.65. The molecule has 2 nitrogen and oxygen atoms in total. The van der Waals surface area contributed by atoms with Crippen LogP contribution in [0.25, 0.3) is 0 Å². The zero-order valence-electron chi connectivity index (χ0n) is 16.2. The van der Waals surface area contributed by atoms with Gasteiger partial charge in [0.15, 0.2) is 0 Å². The number of amides is 1. The second kappa shape index (κ2) is 8.68. The Kier molecular flexibility index (Phi) is 6.08. The fourth-order valence-electron chi connectivity index (χ4n) is 3.49. The zero-order valence-corrected chi connectivity index (χ0v) is 16.2. The van der Waals surface area contributed by atoms with Crippen molar-refractivity contribution < 1.29 is 4.79 Å². The lowest BCUT2D eigenvalue weighted by Gasteiger charge is -2.26. The van der Waals surface area contributed by atoms with Gasteiger partial charge in [0.1, 0.15) is 0 Å². The maximum atomic E-state index is 13.3. The van der Waals surface area contributed by atoms with Crippen LogP contribution in [0.2, 0.25) is 0 Å². The minimum absolute atomic E-state index is 0.0608. The molecule has 0 bridgehead atoms. The maximum Gasteiger partial charge on any atom is 0.228 e. The Hall–Kier alpha value is -2.87. The first-order valence-corrected chi connectivity index (χ1v) is 9.53. The lowest BCUT2D eigenvalue weighted by atomic mass is 9.87. The van der Waals surface area contributed by atoms with E-state index in [1.165, 1.54) is 5.56 Å². The largest absolute Gasteiger partial charge is 0.345 e. The predicted octanol–water partition coefficient (Wildman–Crippen LogP) is 5.64. The highest BCUT2D eigenvalue weighted by molar-refractivity contribution is 5.84. The lowest BCUT2D eigenvalue weighted by molar-refractivity contribution is -0.124. The van der Waals surface area contributed by atoms with E-state index in [4.69, 9.17) is 0 Å². The van der Waals surface area contributed by atoms with E-state index in [0.29, 0.717) is 0 Å². The molecular formula is C25H27NO. The first-order valence-electron chi connectivity index (χ1n) is 9.53. The molecule has 0 spiro atoms. The number of carbonyl (C=O) groups excluding carboxylic acids is 1. The highest BCUT2D eigenvalue weighted by Crippen LogP contribution is 2.28. The Morgan fingerprint density at radius 2 is 1.19 bits per heavy atom. The van der Waals surface area contributed by atoms with E-state index < -0.39 is 0 Å². The van der Waals surface area contributed by atoms with E-state index in [-0.39, 0.29) is 23.8 Å². The van der Waals surface area contributed by atoms with Crippen molar-refractivity contribution in [2.75, 3.05) is 0 Å². The average Bonchev–Trinajstić information content (AvgIpc) is 2.68. The molecule has 0 aromatic heterocycles. The molecule has 1 N–H and O–H groups in total. The van der Waals surface area contributed by atoms with Crippen molar-refractivity contribution in [1.82, 2.24) is 5.32 Å². The first kappa shape index (κ1) is 18.9. The van der Waals surface area contributed by atoms with E-state index >= 15 is 0 Å². The summed E-state index contributed by atoms with van der Waals surface area (Å²) in [6.45, 7) is 6.27. The Morgan fingerprint density at radius 1 is 0.704 bits per heavy atom. The number of hydrogen-bond acceptors (Lipinski definition) is 1. The second-order valence-corrected chi connectivity index (χ2v) is 7.40. The van der Waals surface area contributed by atoms with Gasteiger partial charge < -0.3 is 5.32 Å². The van der Waals surface area contributed by atoms with Gasteiger partial charge >= 0.3 is 0 Å². The summed E-state index contributed by atoms with van der Waals surface area (Å²) in [7, 11) is 0. The van der Waals surface area contributed by atoms with Crippen LogP contribution < -0.4 is 5.32 Å². The molecule has 0 heterocycles. The van der Waals surface area contributed by atoms with Crippen LogP contribution in [0.5, 0.6) is 0 Å². The summed E-state index contributed by atoms with van der Waals surface area (Å²) in [5, 5.41) is 3.31. The van der Waals surface area contributed by atoms with Crippen molar-refractivity contribution in [2.45, 2.75) is 32.7 Å². The summed E-state index contributed by atoms with van der Waals surface area (Å²) in [6, 6.07) is 28.4. The lowest BCUT2D eigenvalue weighted by Crippen LogP contribution is -2.35. The minimum Gasteiger partial charge on any atom is -0.345 e. The molecule has 0 aliphatic rings. The van der Waals surface area contributed by atoms with Gasteiger partial charge in [0.05, 0.1) is 12.0 Å². The first-order chi connectivity index (χ1) is 13.1. The maximum absolute atomic E-state index is 13.3. The molecule has 0 radical (unpaired) electrons. The number of aryl methyl sites for hydroxylation is 1. The van der Waals surface area contributed by atoms with Crippen LogP contribution in [0.3, 0.4) is 0 Å². The molecule has 27 heavy (non-hydrogen) atoms. The van der Waals surface area contributed by atoms with Crippen molar-refractivity contribution in [2.24, 2.45) is 5.92 Å². The Labute approximate surface area is 162 Å². The predicted molar refractivity (Wildman–Crippen MR) is 112 cm³/mol. The van der Waals surface area contributed by atoms with E-state index in [9.17, 15) is 4.79 Å². The molecule has 0 unspecified atom stereocenters. The molecule has 0 saturated heterocycles. The van der Waals surface area contributed by atoms with Crippen molar-refractivity contribution in [3.63, 3.8) is 0 Å². The van der Waals surface area contributed by atoms with E-state index in [1.54, 1.807) is 0 Å². The smallest absolute Gasteiger partial charge is 0.228 e. The molecule has 0 aliphatic carbocycles. The van der Waals surface area contributed by atoms with Crippen LogP contribution in [-0.2, 0) is 4.79 Å². The molecule has 138 valence electrons. The standard InChI is InChI=1S/C25H27NO/c1-18(2)23(20-10-6-4-7-11-20)25(27)26-24(21-12-8-5-9-13-21)22-16-14-19(3)15-17-22/h4-18,23-24H,1-3H3,(H,26,27)/t23-,24-/m1/s1. The van der Waals surface area contributed by atoms with Crippen LogP contribution in [0.1, 0.15) is 48.1 Å². The fourth-order valence-corrected chi connectivity index (χ4v) is 3.49. The molecular weight excluding hydrogens is 330 g/mol. The third-order valence-electron chi connectivity index (χ3n) is 4.94. The Bertz CT molecular complexity index is 854. The molecule has 0 fully saturated rings. The monoisotopic (exact) mass is 357 g/mol. The summed E-state index contributed by atoms with van der Waals surface area (Å²) >= 11 is 0. The summed E-state index contributed by atoms with van der Waals surface area (Å²) in [5.41, 5.74) is 4.45. The number of nitrogens with one attached hydrogen (secondary N) is 1. The van der Waals surface area contributed by atoms with Gasteiger partial charge in [-0.15, -0.1) is 0 Å². The third-order valence-corrected chi connectivity index (χ3v) is 4.94. The zero-order chi connectivity index (χ0) is 19.2. The fraction of sp³-hybridized carbons (Fsp3) is 0.240. The number of rotatable bonds is 6. The van der Waals surface area contributed by atoms with Crippen molar-refractivity contribution >= 4 is 5.91 Å². The molecule has 3 rings (SSSR count). The van der Waals surface area contributed by atoms with Gasteiger partial charge in [-0.2, -0.15) is 0 Å². The average molecular weight is 357 g/mol. The quantitative estimate of drug-likeness (QED) is 0.608. The van der Waals surface area contributed by atoms with Crippen molar-refractivity contribution in [3.05, 3.63) is 107 Å². The summed E-state index contributed by atoms with van der Waals surface area (Å²) in [4.78, 5) is 13.3. The molecule has 0 aliphatic heterocycles. The van der Waals surface area contributed by atoms with Gasteiger partial charge in [-0.25, -0.2) is 0 Å². The molecule has 2 atom stereocenters. The van der Waals surface area contributed by atoms with Crippen LogP contribution in [0, 0.1) is 12.8 Å². The van der Waals surface area contributed by atoms with Gasteiger partial charge in [0.2, 0.25) is 5.91 Å². The highest BCUT2D eigenvalue weighted by Gasteiger charge is 2.27. The normalized spacial score (nSPS) is 13.2. The number of carbonyl (C=O) groups is 1. The molecule has 1 amide bonds. The molecule has 0 saturated carbocycles. The van der Waals surface area contributed by atoms with Crippen LogP contribution in [0.4, 0.5) is 0 Å². The highest BCUT2D eigenvalue weighted by atomic mass is 16.2. The summed E-state index contributed by atoms with van der Waals surface area (Å²) in [5.74, 6) is 0.0929. The van der Waals surface area contributed by atoms with Gasteiger partial charge in [-0.1, -0.05) is 104 Å². The molecule has 3 aromatic rings. The number of benzene rings is 3. The van der Waals surface area contributed by atoms with E-state index in [0.717, 1.165) is 16.7 Å². The van der Waals surface area contributed by atoms with E-state index in [2.05, 4.69) is 62.5 Å². The SMILES string of the molecule is Cc1ccc([C@H](NC(=O)[C@@H](c2ccccc2)C(C)C)c2ccccc2)cc1. The second-order valence-electron chi connectivity index (χ2n) is 7.40. The number of hydrogen-bond donors (Lipinski definition) is 1. The van der Waals surface area contributed by atoms with Crippen molar-refractivity contribution in [1.29, 1.82) is 0 Å². The van der Waals surface area contributed by atoms with Gasteiger partial charge in [-0.3, -0.25) is 4.79 Å². The molecule has 2 heteroatoms. The van der Waals surface area contributed by atoms with Crippen LogP contribution >= 0.6 is 0 Å². The van der Waals surface area contributed by atoms with E-state index in [1.807, 2.05) is 48.5 Å². The Balaban J connectivity index is 1.93. The van der Waals surface area contributed by atoms with Crippen LogP contribution in [-0.4, -0.2) is 5.91 Å². The minimum atomic E-state index is -0.178. The van der Waals surface area contributed by atoms with Crippen LogP contribution in [0.15, 0.2) is 84.9 Å².